The Balaban J connectivity index is 1.63. The monoisotopic (exact) mass is 544 g/mol. The Bertz CT molecular complexity index is 1410. The van der Waals surface area contributed by atoms with Gasteiger partial charge in [0.1, 0.15) is 18.1 Å². The Morgan fingerprint density at radius 1 is 1.31 bits per heavy atom. The molecule has 0 radical (unpaired) electrons. The lowest BCUT2D eigenvalue weighted by Crippen LogP contribution is -2.60. The molecule has 39 heavy (non-hydrogen) atoms. The van der Waals surface area contributed by atoms with Gasteiger partial charge in [0.05, 0.1) is 29.5 Å². The number of nitrogens with one attached hydrogen (secondary N) is 2. The minimum atomic E-state index is -5.22. The molecule has 1 saturated heterocycles. The number of rotatable bonds is 7. The van der Waals surface area contributed by atoms with E-state index in [-0.39, 0.29) is 23.8 Å². The molecule has 0 bridgehead atoms. The Morgan fingerprint density at radius 2 is 2.00 bits per heavy atom. The van der Waals surface area contributed by atoms with Crippen LogP contribution in [-0.4, -0.2) is 70.3 Å². The molecule has 0 aromatic carbocycles. The molecule has 6 atom stereocenters. The second-order valence-electron chi connectivity index (χ2n) is 10.3. The van der Waals surface area contributed by atoms with Crippen LogP contribution in [0, 0.1) is 40.9 Å². The summed E-state index contributed by atoms with van der Waals surface area (Å²) < 4.78 is 45.5. The minimum absolute atomic E-state index is 0.0958. The summed E-state index contributed by atoms with van der Waals surface area (Å²) in [7, 11) is 1.19. The summed E-state index contributed by atoms with van der Waals surface area (Å²) in [5.41, 5.74) is 0.946. The molecule has 1 saturated carbocycles. The number of alkyl halides is 3. The summed E-state index contributed by atoms with van der Waals surface area (Å²) in [6.07, 6.45) is 2.31. The van der Waals surface area contributed by atoms with Gasteiger partial charge in [0.25, 0.3) is 0 Å². The fourth-order valence-electron chi connectivity index (χ4n) is 5.53. The van der Waals surface area contributed by atoms with Gasteiger partial charge in [0.2, 0.25) is 11.8 Å². The zero-order valence-electron chi connectivity index (χ0n) is 21.6. The van der Waals surface area contributed by atoms with E-state index in [1.807, 2.05) is 19.9 Å². The standard InChI is InChI=1S/C26H27F3N6O4/c1-6-14-8-7-9-35-20(14)15(11-31-35)17(10-30)32-22(36)21-18-16(25(18,3)4)12-34(21)23(37)19(13(2)39-5)33-24(38)26(27,28)29/h1,7-9,11,13,16-19,21H,12H2,2-5H3,(H,32,36)(H,33,38). The van der Waals surface area contributed by atoms with Crippen LogP contribution in [0.5, 0.6) is 0 Å². The van der Waals surface area contributed by atoms with E-state index >= 15 is 0 Å². The number of methoxy groups -OCH3 is 1. The van der Waals surface area contributed by atoms with Gasteiger partial charge in [-0.25, -0.2) is 4.52 Å². The first-order chi connectivity index (χ1) is 18.3. The Morgan fingerprint density at radius 3 is 2.59 bits per heavy atom. The summed E-state index contributed by atoms with van der Waals surface area (Å²) in [6.45, 7) is 5.29. The fraction of sp³-hybridized carbons (Fsp3) is 0.500. The van der Waals surface area contributed by atoms with Crippen LogP contribution in [0.15, 0.2) is 24.5 Å². The molecule has 4 rings (SSSR count). The highest BCUT2D eigenvalue weighted by atomic mass is 19.4. The minimum Gasteiger partial charge on any atom is -0.379 e. The molecule has 13 heteroatoms. The van der Waals surface area contributed by atoms with Gasteiger partial charge < -0.3 is 20.3 Å². The topological polar surface area (TPSA) is 129 Å². The van der Waals surface area contributed by atoms with Gasteiger partial charge in [0.15, 0.2) is 0 Å². The Labute approximate surface area is 222 Å². The predicted octanol–water partition coefficient (Wildman–Crippen LogP) is 1.56. The van der Waals surface area contributed by atoms with Gasteiger partial charge >= 0.3 is 12.1 Å². The second kappa shape index (κ2) is 9.89. The van der Waals surface area contributed by atoms with Crippen LogP contribution < -0.4 is 10.6 Å². The van der Waals surface area contributed by atoms with Crippen molar-refractivity contribution in [1.29, 1.82) is 5.26 Å². The average Bonchev–Trinajstić information content (AvgIpc) is 3.26. The maximum absolute atomic E-state index is 13.7. The SMILES string of the molecule is C#Cc1cccn2ncc(C(C#N)NC(=O)C3C4C(CN3C(=O)C(NC(=O)C(F)(F)F)C(C)OC)C4(C)C)c12. The van der Waals surface area contributed by atoms with Crippen molar-refractivity contribution in [2.45, 2.75) is 51.2 Å². The molecule has 206 valence electrons. The first-order valence-corrected chi connectivity index (χ1v) is 12.1. The number of piperidine rings is 1. The number of nitriles is 1. The molecule has 3 amide bonds. The molecule has 2 aromatic heterocycles. The lowest BCUT2D eigenvalue weighted by Gasteiger charge is -2.34. The smallest absolute Gasteiger partial charge is 0.379 e. The van der Waals surface area contributed by atoms with E-state index in [0.717, 1.165) is 0 Å². The molecular weight excluding hydrogens is 517 g/mol. The summed E-state index contributed by atoms with van der Waals surface area (Å²) in [5.74, 6) is -1.71. The molecular formula is C26H27F3N6O4. The van der Waals surface area contributed by atoms with Crippen molar-refractivity contribution >= 4 is 23.2 Å². The molecule has 3 heterocycles. The first kappa shape index (κ1) is 27.9. The summed E-state index contributed by atoms with van der Waals surface area (Å²) in [6, 6.07) is 1.42. The number of halogens is 3. The Kier molecular flexibility index (Phi) is 7.08. The third-order valence-corrected chi connectivity index (χ3v) is 7.86. The van der Waals surface area contributed by atoms with Gasteiger partial charge in [-0.15, -0.1) is 6.42 Å². The maximum Gasteiger partial charge on any atom is 0.471 e. The number of ether oxygens (including phenoxy) is 1. The van der Waals surface area contributed by atoms with E-state index in [1.54, 1.807) is 23.6 Å². The van der Waals surface area contributed by atoms with Crippen molar-refractivity contribution in [2.24, 2.45) is 17.3 Å². The van der Waals surface area contributed by atoms with E-state index in [0.29, 0.717) is 16.6 Å². The van der Waals surface area contributed by atoms with Crippen LogP contribution in [0.4, 0.5) is 13.2 Å². The van der Waals surface area contributed by atoms with Gasteiger partial charge in [-0.2, -0.15) is 23.5 Å². The number of nitrogens with zero attached hydrogens (tertiary/aromatic N) is 4. The molecule has 1 aliphatic heterocycles. The van der Waals surface area contributed by atoms with Crippen LogP contribution in [0.2, 0.25) is 0 Å². The molecule has 0 spiro atoms. The van der Waals surface area contributed by atoms with Crippen LogP contribution >= 0.6 is 0 Å². The van der Waals surface area contributed by atoms with Crippen molar-refractivity contribution in [3.05, 3.63) is 35.7 Å². The molecule has 10 nitrogen and oxygen atoms in total. The number of terminal acetylenes is 1. The largest absolute Gasteiger partial charge is 0.471 e. The average molecular weight is 545 g/mol. The van der Waals surface area contributed by atoms with Gasteiger partial charge in [0, 0.05) is 25.4 Å². The Hall–Kier alpha value is -4.10. The fourth-order valence-corrected chi connectivity index (χ4v) is 5.53. The van der Waals surface area contributed by atoms with E-state index in [1.165, 1.54) is 29.6 Å². The number of aromatic nitrogens is 2. The van der Waals surface area contributed by atoms with Crippen LogP contribution in [0.25, 0.3) is 5.52 Å². The summed E-state index contributed by atoms with van der Waals surface area (Å²) in [4.78, 5) is 40.0. The van der Waals surface area contributed by atoms with E-state index in [9.17, 15) is 32.8 Å². The zero-order valence-corrected chi connectivity index (χ0v) is 21.6. The van der Waals surface area contributed by atoms with E-state index in [2.05, 4.69) is 16.3 Å². The number of pyridine rings is 1. The summed E-state index contributed by atoms with van der Waals surface area (Å²) in [5, 5.41) is 18.5. The molecule has 2 aliphatic rings. The maximum atomic E-state index is 13.7. The van der Waals surface area contributed by atoms with E-state index in [4.69, 9.17) is 11.2 Å². The molecule has 1 aliphatic carbocycles. The third-order valence-electron chi connectivity index (χ3n) is 7.86. The number of carbonyl (C=O) groups is 3. The number of hydrogen-bond donors (Lipinski definition) is 2. The zero-order chi connectivity index (χ0) is 28.9. The quantitative estimate of drug-likeness (QED) is 0.509. The van der Waals surface area contributed by atoms with Gasteiger partial charge in [-0.3, -0.25) is 14.4 Å². The number of carbonyl (C=O) groups excluding carboxylic acids is 3. The lowest BCUT2D eigenvalue weighted by molar-refractivity contribution is -0.176. The van der Waals surface area contributed by atoms with Gasteiger partial charge in [-0.1, -0.05) is 19.8 Å². The van der Waals surface area contributed by atoms with Crippen molar-refractivity contribution in [2.75, 3.05) is 13.7 Å². The first-order valence-electron chi connectivity index (χ1n) is 12.1. The van der Waals surface area contributed by atoms with Crippen molar-refractivity contribution in [3.8, 4) is 18.4 Å². The highest BCUT2D eigenvalue weighted by Gasteiger charge is 2.69. The third kappa shape index (κ3) is 4.79. The summed E-state index contributed by atoms with van der Waals surface area (Å²) >= 11 is 0. The van der Waals surface area contributed by atoms with Crippen LogP contribution in [0.1, 0.15) is 37.9 Å². The second-order valence-corrected chi connectivity index (χ2v) is 10.3. The highest BCUT2D eigenvalue weighted by Crippen LogP contribution is 2.65. The molecule has 2 aromatic rings. The van der Waals surface area contributed by atoms with E-state index < -0.39 is 48.1 Å². The van der Waals surface area contributed by atoms with Crippen LogP contribution in [0.3, 0.4) is 0 Å². The van der Waals surface area contributed by atoms with Gasteiger partial charge in [-0.05, 0) is 36.3 Å². The number of hydrogen-bond acceptors (Lipinski definition) is 6. The molecule has 2 N–H and O–H groups in total. The van der Waals surface area contributed by atoms with Crippen molar-refractivity contribution in [1.82, 2.24) is 25.1 Å². The van der Waals surface area contributed by atoms with Crippen molar-refractivity contribution < 1.29 is 32.3 Å². The molecule has 6 unspecified atom stereocenters. The highest BCUT2D eigenvalue weighted by molar-refractivity contribution is 5.95. The van der Waals surface area contributed by atoms with Crippen molar-refractivity contribution in [3.63, 3.8) is 0 Å². The normalized spacial score (nSPS) is 23.6. The molecule has 2 fully saturated rings. The predicted molar refractivity (Wildman–Crippen MR) is 130 cm³/mol. The lowest BCUT2D eigenvalue weighted by atomic mass is 9.98. The number of fused-ring (bicyclic) bond motifs is 2. The van der Waals surface area contributed by atoms with Crippen LogP contribution in [-0.2, 0) is 19.1 Å². The number of amides is 3. The number of likely N-dealkylation sites (tertiary alicyclic amines) is 1.